The molecule has 3 nitrogen and oxygen atoms in total. The van der Waals surface area contributed by atoms with Crippen LogP contribution in [-0.4, -0.2) is 19.3 Å². The van der Waals surface area contributed by atoms with E-state index in [-0.39, 0.29) is 5.82 Å². The minimum Gasteiger partial charge on any atom is -0.496 e. The van der Waals surface area contributed by atoms with Crippen LogP contribution in [0.25, 0.3) is 0 Å². The molecule has 106 valence electrons. The van der Waals surface area contributed by atoms with E-state index in [2.05, 4.69) is 0 Å². The van der Waals surface area contributed by atoms with Crippen LogP contribution in [-0.2, 0) is 5.60 Å². The van der Waals surface area contributed by atoms with E-state index in [0.717, 1.165) is 0 Å². The molecule has 2 aromatic carbocycles. The van der Waals surface area contributed by atoms with Crippen molar-refractivity contribution in [3.63, 3.8) is 0 Å². The summed E-state index contributed by atoms with van der Waals surface area (Å²) in [6.07, 6.45) is 0. The molecular weight excluding hydrogens is 259 g/mol. The first-order valence-electron chi connectivity index (χ1n) is 6.20. The number of hydrogen-bond donors (Lipinski definition) is 1. The van der Waals surface area contributed by atoms with Gasteiger partial charge in [-0.3, -0.25) is 0 Å². The summed E-state index contributed by atoms with van der Waals surface area (Å²) < 4.78 is 23.6. The monoisotopic (exact) mass is 276 g/mol. The fraction of sp³-hybridized carbons (Fsp3) is 0.250. The van der Waals surface area contributed by atoms with E-state index in [1.165, 1.54) is 26.4 Å². The Morgan fingerprint density at radius 2 is 1.45 bits per heavy atom. The largest absolute Gasteiger partial charge is 0.496 e. The molecule has 20 heavy (non-hydrogen) atoms. The lowest BCUT2D eigenvalue weighted by molar-refractivity contribution is 0.0955. The number of aliphatic hydroxyl groups is 1. The molecule has 0 radical (unpaired) electrons. The van der Waals surface area contributed by atoms with E-state index >= 15 is 0 Å². The first-order chi connectivity index (χ1) is 9.50. The fourth-order valence-electron chi connectivity index (χ4n) is 2.25. The summed E-state index contributed by atoms with van der Waals surface area (Å²) in [6, 6.07) is 11.0. The maximum atomic E-state index is 13.0. The van der Waals surface area contributed by atoms with Gasteiger partial charge < -0.3 is 14.6 Å². The molecule has 1 N–H and O–H groups in total. The number of halogens is 1. The van der Waals surface area contributed by atoms with Crippen LogP contribution in [0.1, 0.15) is 18.1 Å². The van der Waals surface area contributed by atoms with Crippen LogP contribution >= 0.6 is 0 Å². The lowest BCUT2D eigenvalue weighted by Gasteiger charge is -2.28. The van der Waals surface area contributed by atoms with Crippen LogP contribution in [0, 0.1) is 5.82 Å². The van der Waals surface area contributed by atoms with Gasteiger partial charge >= 0.3 is 0 Å². The number of rotatable bonds is 4. The molecule has 0 amide bonds. The van der Waals surface area contributed by atoms with Gasteiger partial charge in [-0.2, -0.15) is 0 Å². The number of methoxy groups -OCH3 is 2. The zero-order valence-corrected chi connectivity index (χ0v) is 11.7. The molecule has 2 rings (SSSR count). The second-order valence-electron chi connectivity index (χ2n) is 4.62. The van der Waals surface area contributed by atoms with E-state index in [1.54, 1.807) is 37.3 Å². The topological polar surface area (TPSA) is 38.7 Å². The van der Waals surface area contributed by atoms with E-state index in [4.69, 9.17) is 9.47 Å². The third-order valence-corrected chi connectivity index (χ3v) is 3.32. The summed E-state index contributed by atoms with van der Waals surface area (Å²) in [5, 5.41) is 10.9. The Labute approximate surface area is 117 Å². The average molecular weight is 276 g/mol. The van der Waals surface area contributed by atoms with E-state index in [9.17, 15) is 9.50 Å². The van der Waals surface area contributed by atoms with Crippen molar-refractivity contribution in [1.29, 1.82) is 0 Å². The van der Waals surface area contributed by atoms with Crippen molar-refractivity contribution in [3.05, 3.63) is 59.4 Å². The molecule has 0 bridgehead atoms. The minimum absolute atomic E-state index is 0.350. The SMILES string of the molecule is COc1cccc(OC)c1C(C)(O)c1ccc(F)cc1. The summed E-state index contributed by atoms with van der Waals surface area (Å²) in [6.45, 7) is 1.63. The molecule has 1 atom stereocenters. The second kappa shape index (κ2) is 5.51. The van der Waals surface area contributed by atoms with Gasteiger partial charge in [0.15, 0.2) is 0 Å². The molecule has 0 fully saturated rings. The van der Waals surface area contributed by atoms with Gasteiger partial charge in [0.25, 0.3) is 0 Å². The highest BCUT2D eigenvalue weighted by molar-refractivity contribution is 5.52. The molecule has 0 aliphatic carbocycles. The quantitative estimate of drug-likeness (QED) is 0.932. The van der Waals surface area contributed by atoms with Crippen LogP contribution < -0.4 is 9.47 Å². The molecule has 0 saturated carbocycles. The Kier molecular flexibility index (Phi) is 3.95. The van der Waals surface area contributed by atoms with Gasteiger partial charge in [-0.1, -0.05) is 18.2 Å². The Bertz CT molecular complexity index is 569. The lowest BCUT2D eigenvalue weighted by atomic mass is 9.87. The highest BCUT2D eigenvalue weighted by Gasteiger charge is 2.32. The normalized spacial score (nSPS) is 13.7. The number of ether oxygens (including phenoxy) is 2. The van der Waals surface area contributed by atoms with Crippen molar-refractivity contribution in [3.8, 4) is 11.5 Å². The van der Waals surface area contributed by atoms with Gasteiger partial charge in [0.2, 0.25) is 0 Å². The van der Waals surface area contributed by atoms with Crippen molar-refractivity contribution >= 4 is 0 Å². The Morgan fingerprint density at radius 3 is 1.90 bits per heavy atom. The van der Waals surface area contributed by atoms with E-state index in [0.29, 0.717) is 22.6 Å². The van der Waals surface area contributed by atoms with Gasteiger partial charge in [0.05, 0.1) is 19.8 Å². The number of benzene rings is 2. The smallest absolute Gasteiger partial charge is 0.129 e. The third-order valence-electron chi connectivity index (χ3n) is 3.32. The van der Waals surface area contributed by atoms with Crippen LogP contribution in [0.2, 0.25) is 0 Å². The van der Waals surface area contributed by atoms with Crippen molar-refractivity contribution in [2.75, 3.05) is 14.2 Å². The Morgan fingerprint density at radius 1 is 0.950 bits per heavy atom. The Hall–Kier alpha value is -2.07. The zero-order chi connectivity index (χ0) is 14.8. The molecule has 2 aromatic rings. The van der Waals surface area contributed by atoms with Gasteiger partial charge in [-0.15, -0.1) is 0 Å². The van der Waals surface area contributed by atoms with Crippen LogP contribution in [0.15, 0.2) is 42.5 Å². The lowest BCUT2D eigenvalue weighted by Crippen LogP contribution is -2.24. The first kappa shape index (κ1) is 14.3. The second-order valence-corrected chi connectivity index (χ2v) is 4.62. The predicted molar refractivity (Wildman–Crippen MR) is 74.6 cm³/mol. The maximum Gasteiger partial charge on any atom is 0.129 e. The molecule has 0 heterocycles. The Balaban J connectivity index is 2.61. The van der Waals surface area contributed by atoms with E-state index < -0.39 is 5.60 Å². The molecular formula is C16H17FO3. The van der Waals surface area contributed by atoms with Gasteiger partial charge in [-0.05, 0) is 36.8 Å². The first-order valence-corrected chi connectivity index (χ1v) is 6.20. The maximum absolute atomic E-state index is 13.0. The van der Waals surface area contributed by atoms with Gasteiger partial charge in [0.1, 0.15) is 22.9 Å². The van der Waals surface area contributed by atoms with Crippen LogP contribution in [0.4, 0.5) is 4.39 Å². The molecule has 0 aliphatic rings. The fourth-order valence-corrected chi connectivity index (χ4v) is 2.25. The minimum atomic E-state index is -1.36. The van der Waals surface area contributed by atoms with Crippen molar-refractivity contribution < 1.29 is 19.0 Å². The molecule has 0 aliphatic heterocycles. The van der Waals surface area contributed by atoms with Crippen LogP contribution in [0.5, 0.6) is 11.5 Å². The molecule has 0 saturated heterocycles. The van der Waals surface area contributed by atoms with Gasteiger partial charge in [-0.25, -0.2) is 4.39 Å². The summed E-state index contributed by atoms with van der Waals surface area (Å²) in [5.74, 6) is 0.675. The van der Waals surface area contributed by atoms with Crippen LogP contribution in [0.3, 0.4) is 0 Å². The van der Waals surface area contributed by atoms with Crippen molar-refractivity contribution in [2.45, 2.75) is 12.5 Å². The van der Waals surface area contributed by atoms with Crippen molar-refractivity contribution in [1.82, 2.24) is 0 Å². The van der Waals surface area contributed by atoms with E-state index in [1.807, 2.05) is 0 Å². The standard InChI is InChI=1S/C16H17FO3/c1-16(18,11-7-9-12(17)10-8-11)15-13(19-2)5-4-6-14(15)20-3/h4-10,18H,1-3H3. The average Bonchev–Trinajstić information content (AvgIpc) is 2.46. The van der Waals surface area contributed by atoms with Gasteiger partial charge in [0, 0.05) is 0 Å². The molecule has 4 heteroatoms. The molecule has 0 spiro atoms. The molecule has 0 aromatic heterocycles. The van der Waals surface area contributed by atoms with Crippen molar-refractivity contribution in [2.24, 2.45) is 0 Å². The predicted octanol–water partition coefficient (Wildman–Crippen LogP) is 3.10. The summed E-state index contributed by atoms with van der Waals surface area (Å²) in [7, 11) is 3.05. The zero-order valence-electron chi connectivity index (χ0n) is 11.7. The summed E-state index contributed by atoms with van der Waals surface area (Å²) >= 11 is 0. The molecule has 1 unspecified atom stereocenters. The number of hydrogen-bond acceptors (Lipinski definition) is 3. The highest BCUT2D eigenvalue weighted by Crippen LogP contribution is 2.41. The third kappa shape index (κ3) is 2.47. The highest BCUT2D eigenvalue weighted by atomic mass is 19.1. The summed E-state index contributed by atoms with van der Waals surface area (Å²) in [4.78, 5) is 0. The summed E-state index contributed by atoms with van der Waals surface area (Å²) in [5.41, 5.74) is -0.288.